The van der Waals surface area contributed by atoms with Gasteiger partial charge in [-0.3, -0.25) is 4.79 Å². The molecule has 0 bridgehead atoms. The summed E-state index contributed by atoms with van der Waals surface area (Å²) >= 11 is 0. The summed E-state index contributed by atoms with van der Waals surface area (Å²) in [7, 11) is 2.12. The summed E-state index contributed by atoms with van der Waals surface area (Å²) in [6, 6.07) is 29.7. The third-order valence-corrected chi connectivity index (χ3v) is 8.78. The normalized spacial score (nSPS) is 18.7. The van der Waals surface area contributed by atoms with Crippen LogP contribution >= 0.6 is 0 Å². The zero-order valence-electron chi connectivity index (χ0n) is 23.1. The molecule has 6 aromatic rings. The second-order valence-corrected chi connectivity index (χ2v) is 11.7. The highest BCUT2D eigenvalue weighted by molar-refractivity contribution is 6.32. The number of fused-ring (bicyclic) bond motifs is 11. The average Bonchev–Trinajstić information content (AvgIpc) is 2.99. The van der Waals surface area contributed by atoms with E-state index in [1.54, 1.807) is 0 Å². The molecule has 0 saturated carbocycles. The fraction of sp³-hybridized carbons (Fsp3) is 0.171. The summed E-state index contributed by atoms with van der Waals surface area (Å²) in [5, 5.41) is 2.04. The highest BCUT2D eigenvalue weighted by atomic mass is 16.5. The third-order valence-electron chi connectivity index (χ3n) is 8.78. The maximum Gasteiger partial charge on any atom is 0.193 e. The molecule has 6 heteroatoms. The predicted octanol–water partition coefficient (Wildman–Crippen LogP) is 5.74. The standard InChI is InChI=1S/C35H27BN2O3/c1-35(2)25-18-40-28-15-13-21(36)17-24(28)29(25)30-32-31(22-10-6-7-11-23(22)34(30)41-35)37-26-14-12-20(16-27(26)38-32)33(39)19-8-4-3-5-9-19/h3-17,25,29H,18,36H2,1-2H3/t25-,29+/m0/s1. The van der Waals surface area contributed by atoms with Crippen LogP contribution in [0.4, 0.5) is 0 Å². The largest absolute Gasteiger partial charge is 0.493 e. The Morgan fingerprint density at radius 1 is 0.829 bits per heavy atom. The van der Waals surface area contributed by atoms with Crippen molar-refractivity contribution >= 4 is 51.9 Å². The monoisotopic (exact) mass is 534 g/mol. The highest BCUT2D eigenvalue weighted by Crippen LogP contribution is 2.56. The Balaban J connectivity index is 1.45. The highest BCUT2D eigenvalue weighted by Gasteiger charge is 2.49. The number of ether oxygens (including phenoxy) is 2. The van der Waals surface area contributed by atoms with Gasteiger partial charge in [0.15, 0.2) is 5.78 Å². The van der Waals surface area contributed by atoms with Gasteiger partial charge in [0.05, 0.1) is 28.7 Å². The topological polar surface area (TPSA) is 61.3 Å². The van der Waals surface area contributed by atoms with Crippen LogP contribution in [0.25, 0.3) is 32.8 Å². The van der Waals surface area contributed by atoms with E-state index in [4.69, 9.17) is 19.4 Å². The fourth-order valence-corrected chi connectivity index (χ4v) is 6.70. The van der Waals surface area contributed by atoms with Crippen LogP contribution in [0.15, 0.2) is 91.0 Å². The third kappa shape index (κ3) is 3.60. The number of hydrogen-bond donors (Lipinski definition) is 0. The Labute approximate surface area is 238 Å². The van der Waals surface area contributed by atoms with Gasteiger partial charge >= 0.3 is 0 Å². The molecule has 2 aliphatic heterocycles. The quantitative estimate of drug-likeness (QED) is 0.123. The van der Waals surface area contributed by atoms with Crippen LogP contribution in [-0.2, 0) is 0 Å². The minimum Gasteiger partial charge on any atom is -0.493 e. The second kappa shape index (κ2) is 8.65. The van der Waals surface area contributed by atoms with Crippen molar-refractivity contribution < 1.29 is 14.3 Å². The summed E-state index contributed by atoms with van der Waals surface area (Å²) < 4.78 is 13.2. The van der Waals surface area contributed by atoms with E-state index in [0.717, 1.165) is 49.9 Å². The van der Waals surface area contributed by atoms with Crippen molar-refractivity contribution in [3.05, 3.63) is 113 Å². The zero-order chi connectivity index (χ0) is 27.9. The minimum atomic E-state index is -0.463. The van der Waals surface area contributed by atoms with Gasteiger partial charge in [0.2, 0.25) is 0 Å². The van der Waals surface area contributed by atoms with Gasteiger partial charge in [-0.1, -0.05) is 72.2 Å². The van der Waals surface area contributed by atoms with Crippen molar-refractivity contribution in [2.45, 2.75) is 25.4 Å². The van der Waals surface area contributed by atoms with Crippen molar-refractivity contribution in [3.8, 4) is 11.5 Å². The number of carbonyl (C=O) groups excluding carboxylic acids is 1. The van der Waals surface area contributed by atoms with E-state index in [-0.39, 0.29) is 17.6 Å². The number of ketones is 1. The Kier molecular flexibility index (Phi) is 5.09. The van der Waals surface area contributed by atoms with Gasteiger partial charge in [-0.15, -0.1) is 0 Å². The van der Waals surface area contributed by atoms with E-state index in [1.165, 1.54) is 5.46 Å². The van der Waals surface area contributed by atoms with Gasteiger partial charge in [0, 0.05) is 44.9 Å². The van der Waals surface area contributed by atoms with E-state index >= 15 is 0 Å². The first-order chi connectivity index (χ1) is 19.9. The van der Waals surface area contributed by atoms with E-state index in [9.17, 15) is 4.79 Å². The van der Waals surface area contributed by atoms with Crippen LogP contribution in [0.3, 0.4) is 0 Å². The predicted molar refractivity (Wildman–Crippen MR) is 165 cm³/mol. The summed E-state index contributed by atoms with van der Waals surface area (Å²) in [6.07, 6.45) is 0. The van der Waals surface area contributed by atoms with E-state index in [0.29, 0.717) is 23.3 Å². The molecule has 0 amide bonds. The Bertz CT molecular complexity index is 2050. The maximum atomic E-state index is 13.3. The van der Waals surface area contributed by atoms with E-state index in [2.05, 4.69) is 58.1 Å². The number of nitrogens with zero attached hydrogens (tertiary/aromatic N) is 2. The molecule has 5 aromatic carbocycles. The maximum absolute atomic E-state index is 13.3. The van der Waals surface area contributed by atoms with Crippen LogP contribution in [0.2, 0.25) is 0 Å². The molecule has 5 nitrogen and oxygen atoms in total. The molecular weight excluding hydrogens is 507 g/mol. The molecule has 1 aromatic heterocycles. The van der Waals surface area contributed by atoms with Crippen molar-refractivity contribution in [1.82, 2.24) is 9.97 Å². The number of aromatic nitrogens is 2. The first kappa shape index (κ1) is 24.1. The van der Waals surface area contributed by atoms with Gasteiger partial charge in [-0.25, -0.2) is 9.97 Å². The van der Waals surface area contributed by atoms with Crippen LogP contribution < -0.4 is 14.9 Å². The van der Waals surface area contributed by atoms with Crippen LogP contribution in [-0.4, -0.2) is 35.8 Å². The molecule has 3 heterocycles. The Hall–Kier alpha value is -4.71. The zero-order valence-corrected chi connectivity index (χ0v) is 23.1. The lowest BCUT2D eigenvalue weighted by molar-refractivity contribution is -0.0118. The lowest BCUT2D eigenvalue weighted by Crippen LogP contribution is -2.49. The molecule has 0 aliphatic carbocycles. The molecule has 2 aliphatic rings. The Morgan fingerprint density at radius 2 is 1.59 bits per heavy atom. The van der Waals surface area contributed by atoms with Crippen LogP contribution in [0, 0.1) is 5.92 Å². The first-order valence-corrected chi connectivity index (χ1v) is 14.1. The molecule has 0 unspecified atom stereocenters. The van der Waals surface area contributed by atoms with Crippen molar-refractivity contribution in [1.29, 1.82) is 0 Å². The molecule has 0 spiro atoms. The van der Waals surface area contributed by atoms with Crippen LogP contribution in [0.5, 0.6) is 11.5 Å². The first-order valence-electron chi connectivity index (χ1n) is 14.1. The van der Waals surface area contributed by atoms with Gasteiger partial charge in [-0.05, 0) is 38.1 Å². The summed E-state index contributed by atoms with van der Waals surface area (Å²) in [6.45, 7) is 4.87. The molecule has 198 valence electrons. The van der Waals surface area contributed by atoms with Gasteiger partial charge < -0.3 is 9.47 Å². The number of rotatable bonds is 2. The molecule has 0 fully saturated rings. The smallest absolute Gasteiger partial charge is 0.193 e. The molecule has 8 rings (SSSR count). The fourth-order valence-electron chi connectivity index (χ4n) is 6.70. The average molecular weight is 534 g/mol. The van der Waals surface area contributed by atoms with Crippen LogP contribution in [0.1, 0.15) is 46.8 Å². The SMILES string of the molecule is Bc1ccc2c(c1)[C@H]1c3c(c4ccccc4c4nc5ccc(C(=O)c6ccccc6)cc5nc34)OC(C)(C)[C@H]1CO2. The van der Waals surface area contributed by atoms with Gasteiger partial charge in [-0.2, -0.15) is 0 Å². The molecule has 2 atom stereocenters. The summed E-state index contributed by atoms with van der Waals surface area (Å²) in [4.78, 5) is 23.8. The number of hydrogen-bond acceptors (Lipinski definition) is 5. The van der Waals surface area contributed by atoms with Crippen molar-refractivity contribution in [2.24, 2.45) is 5.92 Å². The lowest BCUT2D eigenvalue weighted by Gasteiger charge is -2.48. The lowest BCUT2D eigenvalue weighted by atomic mass is 9.68. The van der Waals surface area contributed by atoms with E-state index in [1.807, 2.05) is 54.6 Å². The van der Waals surface area contributed by atoms with E-state index < -0.39 is 5.60 Å². The number of benzene rings is 5. The molecular formula is C35H27BN2O3. The summed E-state index contributed by atoms with van der Waals surface area (Å²) in [5.41, 5.74) is 7.27. The van der Waals surface area contributed by atoms with Crippen molar-refractivity contribution in [3.63, 3.8) is 0 Å². The second-order valence-electron chi connectivity index (χ2n) is 11.7. The molecule has 0 N–H and O–H groups in total. The minimum absolute atomic E-state index is 0.0189. The summed E-state index contributed by atoms with van der Waals surface area (Å²) in [5.74, 6) is 1.83. The Morgan fingerprint density at radius 3 is 2.41 bits per heavy atom. The number of carbonyl (C=O) groups is 1. The molecule has 0 saturated heterocycles. The van der Waals surface area contributed by atoms with Crippen molar-refractivity contribution in [2.75, 3.05) is 6.61 Å². The van der Waals surface area contributed by atoms with Gasteiger partial charge in [0.1, 0.15) is 24.9 Å². The molecule has 0 radical (unpaired) electrons. The molecule has 41 heavy (non-hydrogen) atoms. The van der Waals surface area contributed by atoms with Gasteiger partial charge in [0.25, 0.3) is 0 Å².